The van der Waals surface area contributed by atoms with Gasteiger partial charge in [-0.05, 0) is 43.2 Å². The lowest BCUT2D eigenvalue weighted by Gasteiger charge is -2.26. The molecule has 8 nitrogen and oxygen atoms in total. The quantitative estimate of drug-likeness (QED) is 0.605. The van der Waals surface area contributed by atoms with Crippen LogP contribution in [0.2, 0.25) is 0 Å². The summed E-state index contributed by atoms with van der Waals surface area (Å²) in [7, 11) is 1.80. The Labute approximate surface area is 191 Å². The van der Waals surface area contributed by atoms with Gasteiger partial charge in [0.15, 0.2) is 0 Å². The van der Waals surface area contributed by atoms with Gasteiger partial charge in [-0.3, -0.25) is 9.59 Å². The van der Waals surface area contributed by atoms with Crippen LogP contribution in [0.15, 0.2) is 42.7 Å². The fourth-order valence-electron chi connectivity index (χ4n) is 3.73. The third kappa shape index (κ3) is 4.49. The highest BCUT2D eigenvalue weighted by atomic mass is 16.5. The largest absolute Gasteiger partial charge is 0.373 e. The monoisotopic (exact) mass is 441 g/mol. The Hall–Kier alpha value is -3.96. The molecular weight excluding hydrogens is 418 g/mol. The van der Waals surface area contributed by atoms with Crippen LogP contribution in [0.4, 0.5) is 17.3 Å². The molecule has 5 rings (SSSR count). The van der Waals surface area contributed by atoms with Gasteiger partial charge in [0, 0.05) is 53.9 Å². The summed E-state index contributed by atoms with van der Waals surface area (Å²) >= 11 is 0. The van der Waals surface area contributed by atoms with Crippen molar-refractivity contribution in [1.29, 1.82) is 0 Å². The number of aromatic nitrogens is 2. The third-order valence-corrected chi connectivity index (χ3v) is 5.71. The molecule has 2 aromatic heterocycles. The number of fused-ring (bicyclic) bond motifs is 1. The van der Waals surface area contributed by atoms with Gasteiger partial charge in [-0.25, -0.2) is 9.97 Å². The number of nitrogens with one attached hydrogen (secondary N) is 2. The van der Waals surface area contributed by atoms with Crippen LogP contribution in [-0.4, -0.2) is 48.6 Å². The number of benzene rings is 1. The maximum absolute atomic E-state index is 12.2. The zero-order chi connectivity index (χ0) is 22.8. The van der Waals surface area contributed by atoms with Crippen LogP contribution in [0.1, 0.15) is 24.0 Å². The van der Waals surface area contributed by atoms with Crippen LogP contribution in [0, 0.1) is 17.8 Å². The minimum Gasteiger partial charge on any atom is -0.373 e. The van der Waals surface area contributed by atoms with Crippen molar-refractivity contribution in [2.24, 2.45) is 5.92 Å². The zero-order valence-corrected chi connectivity index (χ0v) is 18.2. The number of carbonyl (C=O) groups excluding carboxylic acids is 2. The zero-order valence-electron chi connectivity index (χ0n) is 18.2. The summed E-state index contributed by atoms with van der Waals surface area (Å²) in [6.45, 7) is 1.20. The van der Waals surface area contributed by atoms with Gasteiger partial charge in [0.2, 0.25) is 5.91 Å². The van der Waals surface area contributed by atoms with E-state index in [1.807, 2.05) is 30.3 Å². The highest BCUT2D eigenvalue weighted by Crippen LogP contribution is 2.31. The van der Waals surface area contributed by atoms with Gasteiger partial charge in [-0.2, -0.15) is 0 Å². The van der Waals surface area contributed by atoms with E-state index in [0.717, 1.165) is 40.4 Å². The third-order valence-electron chi connectivity index (χ3n) is 5.71. The predicted octanol–water partition coefficient (Wildman–Crippen LogP) is 2.78. The van der Waals surface area contributed by atoms with E-state index in [2.05, 4.69) is 32.4 Å². The first-order valence-electron chi connectivity index (χ1n) is 10.9. The Morgan fingerprint density at radius 2 is 1.94 bits per heavy atom. The van der Waals surface area contributed by atoms with E-state index in [1.165, 1.54) is 0 Å². The van der Waals surface area contributed by atoms with Gasteiger partial charge in [0.05, 0.1) is 12.2 Å². The average Bonchev–Trinajstić information content (AvgIpc) is 3.69. The maximum atomic E-state index is 12.2. The standard InChI is InChI=1S/C25H23N5O3/c1-26-24-21-14-27-22(29-25(32)17-6-7-17)12-20(21)18(13-28-24)5-2-16-3-8-19(9-4-16)30-10-11-33-15-23(30)31/h3-4,8-9,12-14,17H,6-7,10-11,15H2,1H3,(H,26,28)(H,27,29,32). The normalized spacial score (nSPS) is 15.7. The number of rotatable bonds is 4. The molecule has 0 spiro atoms. The highest BCUT2D eigenvalue weighted by molar-refractivity contribution is 5.99. The summed E-state index contributed by atoms with van der Waals surface area (Å²) < 4.78 is 5.19. The molecule has 0 radical (unpaired) electrons. The van der Waals surface area contributed by atoms with Gasteiger partial charge in [0.1, 0.15) is 18.2 Å². The van der Waals surface area contributed by atoms with Gasteiger partial charge in [-0.15, -0.1) is 0 Å². The van der Waals surface area contributed by atoms with E-state index >= 15 is 0 Å². The van der Waals surface area contributed by atoms with Crippen molar-refractivity contribution in [1.82, 2.24) is 9.97 Å². The molecule has 1 aliphatic carbocycles. The van der Waals surface area contributed by atoms with E-state index in [1.54, 1.807) is 24.3 Å². The van der Waals surface area contributed by atoms with E-state index in [-0.39, 0.29) is 24.3 Å². The number of pyridine rings is 2. The molecule has 1 saturated carbocycles. The second kappa shape index (κ2) is 8.88. The van der Waals surface area contributed by atoms with Gasteiger partial charge < -0.3 is 20.3 Å². The summed E-state index contributed by atoms with van der Waals surface area (Å²) in [5.41, 5.74) is 2.39. The Kier molecular flexibility index (Phi) is 5.63. The second-order valence-electron chi connectivity index (χ2n) is 8.04. The first-order valence-corrected chi connectivity index (χ1v) is 10.9. The maximum Gasteiger partial charge on any atom is 0.253 e. The van der Waals surface area contributed by atoms with Crippen molar-refractivity contribution in [2.45, 2.75) is 12.8 Å². The molecule has 166 valence electrons. The number of morpholine rings is 1. The van der Waals surface area contributed by atoms with Crippen molar-refractivity contribution in [3.8, 4) is 11.8 Å². The molecule has 2 amide bonds. The number of amides is 2. The second-order valence-corrected chi connectivity index (χ2v) is 8.04. The van der Waals surface area contributed by atoms with Crippen LogP contribution in [-0.2, 0) is 14.3 Å². The van der Waals surface area contributed by atoms with Gasteiger partial charge >= 0.3 is 0 Å². The lowest BCUT2D eigenvalue weighted by molar-refractivity contribution is -0.125. The Morgan fingerprint density at radius 1 is 1.12 bits per heavy atom. The Morgan fingerprint density at radius 3 is 2.67 bits per heavy atom. The smallest absolute Gasteiger partial charge is 0.253 e. The molecule has 33 heavy (non-hydrogen) atoms. The summed E-state index contributed by atoms with van der Waals surface area (Å²) in [4.78, 5) is 34.7. The van der Waals surface area contributed by atoms with Crippen molar-refractivity contribution >= 4 is 39.9 Å². The number of nitrogens with zero attached hydrogens (tertiary/aromatic N) is 3. The minimum atomic E-state index is -0.0413. The van der Waals surface area contributed by atoms with Crippen LogP contribution in [0.5, 0.6) is 0 Å². The topological polar surface area (TPSA) is 96.5 Å². The van der Waals surface area contributed by atoms with Crippen molar-refractivity contribution in [3.63, 3.8) is 0 Å². The number of ether oxygens (including phenoxy) is 1. The van der Waals surface area contributed by atoms with Crippen molar-refractivity contribution in [2.75, 3.05) is 42.3 Å². The van der Waals surface area contributed by atoms with E-state index in [4.69, 9.17) is 4.74 Å². The number of hydrogen-bond acceptors (Lipinski definition) is 6. The Bertz CT molecular complexity index is 1290. The fourth-order valence-corrected chi connectivity index (χ4v) is 3.73. The molecule has 0 atom stereocenters. The van der Waals surface area contributed by atoms with E-state index in [0.29, 0.717) is 24.8 Å². The lowest BCUT2D eigenvalue weighted by atomic mass is 10.1. The SMILES string of the molecule is CNc1ncc(C#Cc2ccc(N3CCOCC3=O)cc2)c2cc(NC(=O)C3CC3)ncc12. The molecule has 0 unspecified atom stereocenters. The molecule has 2 N–H and O–H groups in total. The molecule has 2 aliphatic rings. The lowest BCUT2D eigenvalue weighted by Crippen LogP contribution is -2.41. The first-order chi connectivity index (χ1) is 16.1. The minimum absolute atomic E-state index is 0.0104. The molecule has 1 aromatic carbocycles. The molecule has 1 aliphatic heterocycles. The molecule has 2 fully saturated rings. The summed E-state index contributed by atoms with van der Waals surface area (Å²) in [6.07, 6.45) is 5.29. The Balaban J connectivity index is 1.43. The molecule has 3 heterocycles. The summed E-state index contributed by atoms with van der Waals surface area (Å²) in [6, 6.07) is 9.42. The van der Waals surface area contributed by atoms with Gasteiger partial charge in [0.25, 0.3) is 5.91 Å². The van der Waals surface area contributed by atoms with Gasteiger partial charge in [-0.1, -0.05) is 11.8 Å². The van der Waals surface area contributed by atoms with Crippen LogP contribution in [0.25, 0.3) is 10.8 Å². The predicted molar refractivity (Wildman–Crippen MR) is 126 cm³/mol. The highest BCUT2D eigenvalue weighted by Gasteiger charge is 2.29. The molecule has 8 heteroatoms. The summed E-state index contributed by atoms with van der Waals surface area (Å²) in [5.74, 6) is 7.65. The van der Waals surface area contributed by atoms with E-state index < -0.39 is 0 Å². The average molecular weight is 441 g/mol. The number of carbonyl (C=O) groups is 2. The van der Waals surface area contributed by atoms with Crippen LogP contribution >= 0.6 is 0 Å². The summed E-state index contributed by atoms with van der Waals surface area (Å²) in [5, 5.41) is 7.66. The molecule has 3 aromatic rings. The molecule has 1 saturated heterocycles. The van der Waals surface area contributed by atoms with Crippen molar-refractivity contribution in [3.05, 3.63) is 53.9 Å². The molecular formula is C25H23N5O3. The fraction of sp³-hybridized carbons (Fsp3) is 0.280. The van der Waals surface area contributed by atoms with Crippen molar-refractivity contribution < 1.29 is 14.3 Å². The molecule has 0 bridgehead atoms. The number of anilines is 3. The van der Waals surface area contributed by atoms with Crippen LogP contribution in [0.3, 0.4) is 0 Å². The first kappa shape index (κ1) is 20.9. The van der Waals surface area contributed by atoms with E-state index in [9.17, 15) is 9.59 Å². The number of hydrogen-bond donors (Lipinski definition) is 2. The van der Waals surface area contributed by atoms with Crippen LogP contribution < -0.4 is 15.5 Å².